The number of rotatable bonds is 3. The molecule has 90 valence electrons. The molecule has 0 amide bonds. The van der Waals surface area contributed by atoms with Crippen LogP contribution in [0, 0.1) is 0 Å². The average Bonchev–Trinajstić information content (AvgIpc) is 2.18. The van der Waals surface area contributed by atoms with E-state index in [0.717, 1.165) is 7.11 Å². The maximum Gasteiger partial charge on any atom is 0.573 e. The fraction of sp³-hybridized carbons (Fsp3) is 0.375. The molecule has 0 aliphatic heterocycles. The van der Waals surface area contributed by atoms with E-state index in [2.05, 4.69) is 9.47 Å². The molecule has 0 bridgehead atoms. The number of hydrogen-bond acceptors (Lipinski definition) is 3. The van der Waals surface area contributed by atoms with Gasteiger partial charge in [-0.3, -0.25) is 4.79 Å². The minimum atomic E-state index is -4.97. The maximum absolute atomic E-state index is 12.5. The molecule has 0 aliphatic rings. The number of hydrogen-bond donors (Lipinski definition) is 1. The van der Waals surface area contributed by atoms with Gasteiger partial charge in [0.15, 0.2) is 11.5 Å². The van der Waals surface area contributed by atoms with Gasteiger partial charge in [0.05, 0.1) is 12.7 Å². The highest BCUT2D eigenvalue weighted by molar-refractivity contribution is 5.41. The summed E-state index contributed by atoms with van der Waals surface area (Å²) in [5.41, 5.74) is -1.41. The Labute approximate surface area is 86.8 Å². The Morgan fingerprint density at radius 1 is 1.44 bits per heavy atom. The van der Waals surface area contributed by atoms with Crippen LogP contribution in [0.2, 0.25) is 0 Å². The summed E-state index contributed by atoms with van der Waals surface area (Å²) in [7, 11) is 1.04. The van der Waals surface area contributed by atoms with E-state index in [-0.39, 0.29) is 0 Å². The summed E-state index contributed by atoms with van der Waals surface area (Å²) < 4.78 is 56.3. The van der Waals surface area contributed by atoms with E-state index >= 15 is 0 Å². The third kappa shape index (κ3) is 2.65. The zero-order valence-electron chi connectivity index (χ0n) is 8.02. The van der Waals surface area contributed by atoms with E-state index in [0.29, 0.717) is 6.20 Å². The van der Waals surface area contributed by atoms with E-state index in [9.17, 15) is 22.4 Å². The van der Waals surface area contributed by atoms with Gasteiger partial charge in [0, 0.05) is 6.20 Å². The monoisotopic (exact) mass is 241 g/mol. The van der Waals surface area contributed by atoms with Crippen molar-refractivity contribution in [2.75, 3.05) is 7.11 Å². The number of nitrogens with one attached hydrogen (secondary N) is 1. The lowest BCUT2D eigenvalue weighted by Gasteiger charge is -2.13. The zero-order chi connectivity index (χ0) is 12.3. The summed E-state index contributed by atoms with van der Waals surface area (Å²) in [5.74, 6) is -1.37. The lowest BCUT2D eigenvalue weighted by molar-refractivity contribution is -0.275. The number of methoxy groups -OCH3 is 1. The predicted octanol–water partition coefficient (Wildman–Crippen LogP) is 1.75. The van der Waals surface area contributed by atoms with Crippen molar-refractivity contribution in [3.05, 3.63) is 22.1 Å². The second-order valence-electron chi connectivity index (χ2n) is 2.68. The maximum atomic E-state index is 12.5. The normalized spacial score (nSPS) is 11.3. The first kappa shape index (κ1) is 12.3. The Kier molecular flexibility index (Phi) is 3.41. The van der Waals surface area contributed by atoms with Gasteiger partial charge in [-0.2, -0.15) is 0 Å². The molecule has 0 radical (unpaired) electrons. The van der Waals surface area contributed by atoms with Gasteiger partial charge in [-0.05, 0) is 0 Å². The van der Waals surface area contributed by atoms with Crippen LogP contribution in [-0.4, -0.2) is 18.5 Å². The summed E-state index contributed by atoms with van der Waals surface area (Å²) >= 11 is 0. The van der Waals surface area contributed by atoms with Gasteiger partial charge in [-0.15, -0.1) is 13.2 Å². The number of H-pyrrole nitrogens is 1. The van der Waals surface area contributed by atoms with Gasteiger partial charge in [0.25, 0.3) is 5.56 Å². The summed E-state index contributed by atoms with van der Waals surface area (Å²) in [6.07, 6.45) is -4.33. The Morgan fingerprint density at radius 2 is 2.06 bits per heavy atom. The number of pyridine rings is 1. The molecule has 0 aliphatic carbocycles. The van der Waals surface area contributed by atoms with Gasteiger partial charge in [0.1, 0.15) is 6.67 Å². The third-order valence-corrected chi connectivity index (χ3v) is 1.68. The van der Waals surface area contributed by atoms with Crippen molar-refractivity contribution in [3.63, 3.8) is 0 Å². The lowest BCUT2D eigenvalue weighted by atomic mass is 10.2. The SMILES string of the molecule is COc1c(CF)c(OC(F)(F)F)c[nH]c1=O. The standard InChI is InChI=1S/C8H7F4NO3/c1-15-6-4(2-9)5(3-13-7(6)14)16-8(10,11)12/h3H,2H2,1H3,(H,13,14). The molecule has 16 heavy (non-hydrogen) atoms. The Morgan fingerprint density at radius 3 is 2.50 bits per heavy atom. The molecule has 0 unspecified atom stereocenters. The van der Waals surface area contributed by atoms with Gasteiger partial charge in [0.2, 0.25) is 0 Å². The summed E-state index contributed by atoms with van der Waals surface area (Å²) in [6.45, 7) is -1.31. The molecule has 0 saturated carbocycles. The largest absolute Gasteiger partial charge is 0.573 e. The molecule has 0 spiro atoms. The second-order valence-corrected chi connectivity index (χ2v) is 2.68. The highest BCUT2D eigenvalue weighted by atomic mass is 19.4. The van der Waals surface area contributed by atoms with Crippen molar-refractivity contribution >= 4 is 0 Å². The first-order valence-corrected chi connectivity index (χ1v) is 3.99. The Hall–Kier alpha value is -1.73. The fourth-order valence-corrected chi connectivity index (χ4v) is 1.09. The summed E-state index contributed by atoms with van der Waals surface area (Å²) in [5, 5.41) is 0. The van der Waals surface area contributed by atoms with Crippen LogP contribution >= 0.6 is 0 Å². The van der Waals surface area contributed by atoms with Crippen LogP contribution < -0.4 is 15.0 Å². The molecule has 1 N–H and O–H groups in total. The molecule has 0 fully saturated rings. The first-order valence-electron chi connectivity index (χ1n) is 3.99. The number of ether oxygens (including phenoxy) is 2. The van der Waals surface area contributed by atoms with Gasteiger partial charge >= 0.3 is 6.36 Å². The smallest absolute Gasteiger partial charge is 0.491 e. The van der Waals surface area contributed by atoms with Gasteiger partial charge in [-0.25, -0.2) is 4.39 Å². The number of aromatic nitrogens is 1. The van der Waals surface area contributed by atoms with Gasteiger partial charge < -0.3 is 14.5 Å². The van der Waals surface area contributed by atoms with Crippen molar-refractivity contribution in [1.29, 1.82) is 0 Å². The van der Waals surface area contributed by atoms with Gasteiger partial charge in [-0.1, -0.05) is 0 Å². The minimum Gasteiger partial charge on any atom is -0.491 e. The quantitative estimate of drug-likeness (QED) is 0.820. The molecule has 1 aromatic rings. The van der Waals surface area contributed by atoms with Crippen LogP contribution in [0.1, 0.15) is 5.56 Å². The van der Waals surface area contributed by atoms with E-state index < -0.39 is 35.7 Å². The van der Waals surface area contributed by atoms with Crippen LogP contribution in [0.3, 0.4) is 0 Å². The molecule has 0 aromatic carbocycles. The molecule has 1 heterocycles. The Balaban J connectivity index is 3.25. The van der Waals surface area contributed by atoms with E-state index in [4.69, 9.17) is 0 Å². The minimum absolute atomic E-state index is 0.538. The first-order chi connectivity index (χ1) is 7.39. The molecule has 0 saturated heterocycles. The second kappa shape index (κ2) is 4.42. The third-order valence-electron chi connectivity index (χ3n) is 1.68. The van der Waals surface area contributed by atoms with Crippen LogP contribution in [0.5, 0.6) is 11.5 Å². The molecule has 8 heteroatoms. The lowest BCUT2D eigenvalue weighted by Crippen LogP contribution is -2.20. The summed E-state index contributed by atoms with van der Waals surface area (Å²) in [4.78, 5) is 13.0. The van der Waals surface area contributed by atoms with Crippen LogP contribution in [0.4, 0.5) is 17.6 Å². The van der Waals surface area contributed by atoms with Crippen molar-refractivity contribution < 1.29 is 27.0 Å². The number of alkyl halides is 4. The fourth-order valence-electron chi connectivity index (χ4n) is 1.09. The molecule has 4 nitrogen and oxygen atoms in total. The molecule has 1 rings (SSSR count). The Bertz CT molecular complexity index is 426. The zero-order valence-corrected chi connectivity index (χ0v) is 8.02. The highest BCUT2D eigenvalue weighted by Gasteiger charge is 2.33. The van der Waals surface area contributed by atoms with Crippen molar-refractivity contribution in [1.82, 2.24) is 4.98 Å². The van der Waals surface area contributed by atoms with Crippen LogP contribution in [0.25, 0.3) is 0 Å². The molecular formula is C8H7F4NO3. The topological polar surface area (TPSA) is 51.3 Å². The van der Waals surface area contributed by atoms with E-state index in [1.54, 1.807) is 0 Å². The summed E-state index contributed by atoms with van der Waals surface area (Å²) in [6, 6.07) is 0. The number of aromatic amines is 1. The number of halogens is 4. The van der Waals surface area contributed by atoms with E-state index in [1.807, 2.05) is 4.98 Å². The average molecular weight is 241 g/mol. The predicted molar refractivity (Wildman–Crippen MR) is 45.1 cm³/mol. The van der Waals surface area contributed by atoms with Crippen LogP contribution in [0.15, 0.2) is 11.0 Å². The highest BCUT2D eigenvalue weighted by Crippen LogP contribution is 2.29. The molecule has 1 aromatic heterocycles. The van der Waals surface area contributed by atoms with Crippen molar-refractivity contribution in [3.8, 4) is 11.5 Å². The van der Waals surface area contributed by atoms with Crippen LogP contribution in [-0.2, 0) is 6.67 Å². The molecule has 0 atom stereocenters. The molecular weight excluding hydrogens is 234 g/mol. The van der Waals surface area contributed by atoms with Crippen molar-refractivity contribution in [2.45, 2.75) is 13.0 Å². The van der Waals surface area contributed by atoms with Crippen molar-refractivity contribution in [2.24, 2.45) is 0 Å². The van der Waals surface area contributed by atoms with E-state index in [1.165, 1.54) is 0 Å².